The Bertz CT molecular complexity index is 649. The van der Waals surface area contributed by atoms with Crippen LogP contribution in [0.5, 0.6) is 0 Å². The number of anilines is 1. The molecule has 0 saturated heterocycles. The van der Waals surface area contributed by atoms with Crippen LogP contribution in [0.3, 0.4) is 0 Å². The summed E-state index contributed by atoms with van der Waals surface area (Å²) in [6.07, 6.45) is 0.728. The van der Waals surface area contributed by atoms with Crippen LogP contribution in [0.2, 0.25) is 0 Å². The fraction of sp³-hybridized carbons (Fsp3) is 0.444. The predicted octanol–water partition coefficient (Wildman–Crippen LogP) is 1.61. The van der Waals surface area contributed by atoms with Gasteiger partial charge in [-0.15, -0.1) is 0 Å². The van der Waals surface area contributed by atoms with Crippen LogP contribution in [-0.2, 0) is 19.1 Å². The van der Waals surface area contributed by atoms with Crippen LogP contribution in [0.25, 0.3) is 0 Å². The Morgan fingerprint density at radius 2 is 1.78 bits per heavy atom. The molecule has 0 atom stereocenters. The van der Waals surface area contributed by atoms with Crippen molar-refractivity contribution in [3.63, 3.8) is 0 Å². The number of carbonyl (C=O) groups is 3. The van der Waals surface area contributed by atoms with Gasteiger partial charge in [0.2, 0.25) is 5.91 Å². The van der Waals surface area contributed by atoms with Gasteiger partial charge in [-0.25, -0.2) is 0 Å². The van der Waals surface area contributed by atoms with Gasteiger partial charge in [0.1, 0.15) is 0 Å². The normalized spacial score (nSPS) is 10.0. The lowest BCUT2D eigenvalue weighted by Gasteiger charge is -2.10. The summed E-state index contributed by atoms with van der Waals surface area (Å²) in [4.78, 5) is 35.0. The Morgan fingerprint density at radius 3 is 2.41 bits per heavy atom. The molecule has 0 spiro atoms. The monoisotopic (exact) mass is 395 g/mol. The zero-order chi connectivity index (χ0) is 20.1. The third-order valence-electron chi connectivity index (χ3n) is 3.27. The lowest BCUT2D eigenvalue weighted by molar-refractivity contribution is -0.144. The standard InChI is InChI=1S/C18H25N3O5S/c1-3-11-26-16(23)9-8-15(22)21-18(27)20-14-6-4-13(5-7-14)17(24)19-10-12-25-2/h4-7H,3,8-12H2,1-2H3,(H,19,24)(H2,20,21,22,27). The third-order valence-corrected chi connectivity index (χ3v) is 3.48. The maximum atomic E-state index is 11.9. The number of esters is 1. The highest BCUT2D eigenvalue weighted by Gasteiger charge is 2.10. The molecule has 0 saturated carbocycles. The highest BCUT2D eigenvalue weighted by molar-refractivity contribution is 7.80. The molecule has 8 nitrogen and oxygen atoms in total. The molecule has 0 aliphatic heterocycles. The van der Waals surface area contributed by atoms with Crippen molar-refractivity contribution in [2.45, 2.75) is 26.2 Å². The van der Waals surface area contributed by atoms with Crippen LogP contribution < -0.4 is 16.0 Å². The molecule has 0 aliphatic rings. The van der Waals surface area contributed by atoms with E-state index in [1.54, 1.807) is 31.4 Å². The van der Waals surface area contributed by atoms with Crippen LogP contribution in [0, 0.1) is 0 Å². The molecule has 0 fully saturated rings. The highest BCUT2D eigenvalue weighted by Crippen LogP contribution is 2.09. The van der Waals surface area contributed by atoms with E-state index >= 15 is 0 Å². The average molecular weight is 395 g/mol. The quantitative estimate of drug-likeness (QED) is 0.314. The van der Waals surface area contributed by atoms with Gasteiger partial charge in [-0.3, -0.25) is 14.4 Å². The number of methoxy groups -OCH3 is 1. The Kier molecular flexibility index (Phi) is 10.7. The zero-order valence-electron chi connectivity index (χ0n) is 15.5. The number of hydrogen-bond donors (Lipinski definition) is 3. The molecular weight excluding hydrogens is 370 g/mol. The third kappa shape index (κ3) is 9.66. The van der Waals surface area contributed by atoms with Gasteiger partial charge in [-0.2, -0.15) is 0 Å². The van der Waals surface area contributed by atoms with E-state index in [1.165, 1.54) is 0 Å². The van der Waals surface area contributed by atoms with Crippen LogP contribution in [-0.4, -0.2) is 49.8 Å². The first-order valence-corrected chi connectivity index (χ1v) is 9.00. The van der Waals surface area contributed by atoms with Crippen molar-refractivity contribution in [1.82, 2.24) is 10.6 Å². The number of hydrogen-bond acceptors (Lipinski definition) is 6. The number of nitrogens with one attached hydrogen (secondary N) is 3. The number of amides is 2. The molecule has 1 aromatic carbocycles. The number of thiocarbonyl (C=S) groups is 1. The maximum Gasteiger partial charge on any atom is 0.306 e. The minimum atomic E-state index is -0.412. The molecule has 1 aromatic rings. The average Bonchev–Trinajstić information content (AvgIpc) is 2.65. The van der Waals surface area contributed by atoms with Crippen molar-refractivity contribution in [3.8, 4) is 0 Å². The summed E-state index contributed by atoms with van der Waals surface area (Å²) in [5, 5.41) is 8.16. The maximum absolute atomic E-state index is 11.9. The van der Waals surface area contributed by atoms with Gasteiger partial charge >= 0.3 is 5.97 Å². The first-order chi connectivity index (χ1) is 13.0. The van der Waals surface area contributed by atoms with Crippen LogP contribution in [0.15, 0.2) is 24.3 Å². The van der Waals surface area contributed by atoms with Crippen LogP contribution in [0.4, 0.5) is 5.69 Å². The highest BCUT2D eigenvalue weighted by atomic mass is 32.1. The van der Waals surface area contributed by atoms with Crippen molar-refractivity contribution in [1.29, 1.82) is 0 Å². The smallest absolute Gasteiger partial charge is 0.306 e. The van der Waals surface area contributed by atoms with E-state index in [1.807, 2.05) is 6.92 Å². The second kappa shape index (κ2) is 12.8. The molecule has 0 aliphatic carbocycles. The largest absolute Gasteiger partial charge is 0.466 e. The van der Waals surface area contributed by atoms with E-state index in [4.69, 9.17) is 21.7 Å². The van der Waals surface area contributed by atoms with Gasteiger partial charge in [0.15, 0.2) is 5.11 Å². The number of rotatable bonds is 10. The second-order valence-electron chi connectivity index (χ2n) is 5.55. The first-order valence-electron chi connectivity index (χ1n) is 8.60. The van der Waals surface area contributed by atoms with Crippen molar-refractivity contribution in [2.75, 3.05) is 32.2 Å². The first kappa shape index (κ1) is 22.5. The summed E-state index contributed by atoms with van der Waals surface area (Å²) >= 11 is 5.06. The van der Waals surface area contributed by atoms with Gasteiger partial charge in [-0.05, 0) is 42.9 Å². The van der Waals surface area contributed by atoms with E-state index < -0.39 is 5.97 Å². The molecule has 9 heteroatoms. The molecule has 27 heavy (non-hydrogen) atoms. The summed E-state index contributed by atoms with van der Waals surface area (Å²) < 4.78 is 9.77. The Balaban J connectivity index is 2.38. The predicted molar refractivity (Wildman–Crippen MR) is 105 cm³/mol. The fourth-order valence-electron chi connectivity index (χ4n) is 1.93. The summed E-state index contributed by atoms with van der Waals surface area (Å²) in [6.45, 7) is 3.11. The summed E-state index contributed by atoms with van der Waals surface area (Å²) in [5.41, 5.74) is 1.12. The van der Waals surface area contributed by atoms with E-state index in [9.17, 15) is 14.4 Å². The molecule has 0 radical (unpaired) electrons. The topological polar surface area (TPSA) is 106 Å². The molecule has 0 unspecified atom stereocenters. The summed E-state index contributed by atoms with van der Waals surface area (Å²) in [5.74, 6) is -0.996. The van der Waals surface area contributed by atoms with Gasteiger partial charge in [0.05, 0.1) is 19.6 Å². The number of ether oxygens (including phenoxy) is 2. The van der Waals surface area contributed by atoms with E-state index in [-0.39, 0.29) is 29.8 Å². The lowest BCUT2D eigenvalue weighted by Crippen LogP contribution is -2.34. The lowest BCUT2D eigenvalue weighted by atomic mass is 10.2. The number of carbonyl (C=O) groups excluding carboxylic acids is 3. The van der Waals surface area contributed by atoms with Crippen LogP contribution >= 0.6 is 12.2 Å². The van der Waals surface area contributed by atoms with Crippen LogP contribution in [0.1, 0.15) is 36.5 Å². The fourth-order valence-corrected chi connectivity index (χ4v) is 2.16. The second-order valence-corrected chi connectivity index (χ2v) is 5.96. The van der Waals surface area contributed by atoms with Gasteiger partial charge in [-0.1, -0.05) is 6.92 Å². The molecule has 0 bridgehead atoms. The minimum absolute atomic E-state index is 0.00132. The SMILES string of the molecule is CCCOC(=O)CCC(=O)NC(=S)Nc1ccc(C(=O)NCCOC)cc1. The molecule has 0 heterocycles. The van der Waals surface area contributed by atoms with Crippen molar-refractivity contribution in [2.24, 2.45) is 0 Å². The van der Waals surface area contributed by atoms with Crippen molar-refractivity contribution >= 4 is 40.8 Å². The van der Waals surface area contributed by atoms with E-state index in [0.29, 0.717) is 31.0 Å². The molecule has 0 aromatic heterocycles. The van der Waals surface area contributed by atoms with Crippen molar-refractivity contribution < 1.29 is 23.9 Å². The Hall–Kier alpha value is -2.52. The molecule has 148 valence electrons. The van der Waals surface area contributed by atoms with Crippen molar-refractivity contribution in [3.05, 3.63) is 29.8 Å². The van der Waals surface area contributed by atoms with E-state index in [2.05, 4.69) is 16.0 Å². The summed E-state index contributed by atoms with van der Waals surface area (Å²) in [6, 6.07) is 6.62. The Morgan fingerprint density at radius 1 is 1.07 bits per heavy atom. The molecule has 3 N–H and O–H groups in total. The van der Waals surface area contributed by atoms with E-state index in [0.717, 1.165) is 6.42 Å². The minimum Gasteiger partial charge on any atom is -0.466 e. The number of benzene rings is 1. The molecule has 2 amide bonds. The van der Waals surface area contributed by atoms with Gasteiger partial charge in [0, 0.05) is 31.3 Å². The van der Waals surface area contributed by atoms with Gasteiger partial charge < -0.3 is 25.4 Å². The molecule has 1 rings (SSSR count). The summed E-state index contributed by atoms with van der Waals surface area (Å²) in [7, 11) is 1.56. The molecular formula is C18H25N3O5S. The zero-order valence-corrected chi connectivity index (χ0v) is 16.3. The van der Waals surface area contributed by atoms with Gasteiger partial charge in [0.25, 0.3) is 5.91 Å². The Labute approximate surface area is 164 Å².